The summed E-state index contributed by atoms with van der Waals surface area (Å²) in [5.74, 6) is -0.0820. The predicted octanol–water partition coefficient (Wildman–Crippen LogP) is 3.11. The maximum atomic E-state index is 10.9. The molecule has 1 N–H and O–H groups in total. The number of nitrogens with one attached hydrogen (secondary N) is 1. The minimum atomic E-state index is -0.0820. The van der Waals surface area contributed by atoms with Gasteiger partial charge in [0.05, 0.1) is 0 Å². The van der Waals surface area contributed by atoms with Gasteiger partial charge in [-0.25, -0.2) is 0 Å². The Morgan fingerprint density at radius 3 is 2.50 bits per heavy atom. The molecule has 0 spiro atoms. The van der Waals surface area contributed by atoms with Crippen molar-refractivity contribution in [2.24, 2.45) is 0 Å². The second kappa shape index (κ2) is 4.62. The Morgan fingerprint density at radius 2 is 1.81 bits per heavy atom. The third kappa shape index (κ3) is 2.48. The normalized spacial score (nSPS) is 9.81. The van der Waals surface area contributed by atoms with Crippen molar-refractivity contribution in [1.82, 2.24) is 0 Å². The molecule has 0 heterocycles. The first-order valence-electron chi connectivity index (χ1n) is 5.11. The molecule has 79 valence electrons. The molecule has 0 saturated heterocycles. The van der Waals surface area contributed by atoms with Gasteiger partial charge in [0.2, 0.25) is 5.91 Å². The van der Waals surface area contributed by atoms with Crippen LogP contribution in [0, 0.1) is 6.07 Å². The number of carbonyl (C=O) groups is 1. The molecule has 2 aromatic rings. The first-order chi connectivity index (χ1) is 7.75. The Bertz CT molecular complexity index is 491. The van der Waals surface area contributed by atoms with Crippen LogP contribution in [0.2, 0.25) is 0 Å². The van der Waals surface area contributed by atoms with Gasteiger partial charge in [0, 0.05) is 18.7 Å². The van der Waals surface area contributed by atoms with Gasteiger partial charge in [0.25, 0.3) is 0 Å². The number of rotatable bonds is 2. The van der Waals surface area contributed by atoms with Gasteiger partial charge in [0.1, 0.15) is 0 Å². The summed E-state index contributed by atoms with van der Waals surface area (Å²) in [6, 6.07) is 18.8. The topological polar surface area (TPSA) is 29.1 Å². The maximum Gasteiger partial charge on any atom is 0.221 e. The molecule has 0 unspecified atom stereocenters. The predicted molar refractivity (Wildman–Crippen MR) is 65.0 cm³/mol. The number of hydrogen-bond acceptors (Lipinski definition) is 1. The molecule has 2 nitrogen and oxygen atoms in total. The Kier molecular flexibility index (Phi) is 3.01. The molecule has 0 aliphatic carbocycles. The Morgan fingerprint density at radius 1 is 1.06 bits per heavy atom. The highest BCUT2D eigenvalue weighted by Crippen LogP contribution is 2.21. The first-order valence-corrected chi connectivity index (χ1v) is 5.11. The molecule has 1 radical (unpaired) electrons. The van der Waals surface area contributed by atoms with E-state index in [4.69, 9.17) is 0 Å². The van der Waals surface area contributed by atoms with Crippen molar-refractivity contribution in [3.8, 4) is 11.1 Å². The fourth-order valence-corrected chi connectivity index (χ4v) is 1.52. The van der Waals surface area contributed by atoms with Crippen molar-refractivity contribution in [3.05, 3.63) is 54.6 Å². The monoisotopic (exact) mass is 210 g/mol. The molecule has 0 saturated carbocycles. The lowest BCUT2D eigenvalue weighted by Crippen LogP contribution is -2.05. The fraction of sp³-hybridized carbons (Fsp3) is 0.0714. The molecule has 0 aromatic heterocycles. The van der Waals surface area contributed by atoms with Crippen LogP contribution in [0.4, 0.5) is 5.69 Å². The van der Waals surface area contributed by atoms with Crippen molar-refractivity contribution in [2.45, 2.75) is 6.92 Å². The molecular weight excluding hydrogens is 198 g/mol. The second-order valence-corrected chi connectivity index (χ2v) is 3.53. The van der Waals surface area contributed by atoms with Gasteiger partial charge in [-0.3, -0.25) is 4.79 Å². The standard InChI is InChI=1S/C14H12NO/c1-11(16)15-14-9-5-8-13(10-14)12-6-3-2-4-7-12/h2-9H,1H3,(H,15,16). The van der Waals surface area contributed by atoms with E-state index in [-0.39, 0.29) is 5.91 Å². The van der Waals surface area contributed by atoms with Crippen molar-refractivity contribution < 1.29 is 4.79 Å². The van der Waals surface area contributed by atoms with Crippen LogP contribution in [0.5, 0.6) is 0 Å². The van der Waals surface area contributed by atoms with Crippen molar-refractivity contribution in [3.63, 3.8) is 0 Å². The van der Waals surface area contributed by atoms with Crippen molar-refractivity contribution in [1.29, 1.82) is 0 Å². The molecule has 1 amide bonds. The highest BCUT2D eigenvalue weighted by Gasteiger charge is 2.00. The first kappa shape index (κ1) is 10.4. The highest BCUT2D eigenvalue weighted by molar-refractivity contribution is 5.89. The molecular formula is C14H12NO. The summed E-state index contributed by atoms with van der Waals surface area (Å²) in [4.78, 5) is 10.9. The van der Waals surface area contributed by atoms with Crippen molar-refractivity contribution in [2.75, 3.05) is 5.32 Å². The quantitative estimate of drug-likeness (QED) is 0.810. The summed E-state index contributed by atoms with van der Waals surface area (Å²) < 4.78 is 0. The van der Waals surface area contributed by atoms with Crippen LogP contribution in [0.25, 0.3) is 11.1 Å². The van der Waals surface area contributed by atoms with Gasteiger partial charge in [-0.05, 0) is 17.2 Å². The fourth-order valence-electron chi connectivity index (χ4n) is 1.52. The molecule has 0 aliphatic heterocycles. The lowest BCUT2D eigenvalue weighted by molar-refractivity contribution is -0.114. The van der Waals surface area contributed by atoms with E-state index >= 15 is 0 Å². The van der Waals surface area contributed by atoms with Crippen LogP contribution in [0.1, 0.15) is 6.92 Å². The van der Waals surface area contributed by atoms with Gasteiger partial charge in [0.15, 0.2) is 0 Å². The summed E-state index contributed by atoms with van der Waals surface area (Å²) >= 11 is 0. The zero-order valence-electron chi connectivity index (χ0n) is 9.03. The second-order valence-electron chi connectivity index (χ2n) is 3.53. The largest absolute Gasteiger partial charge is 0.326 e. The van der Waals surface area contributed by atoms with Crippen LogP contribution < -0.4 is 5.32 Å². The molecule has 0 aliphatic rings. The summed E-state index contributed by atoms with van der Waals surface area (Å²) in [7, 11) is 0. The van der Waals surface area contributed by atoms with Crippen LogP contribution >= 0.6 is 0 Å². The average Bonchev–Trinajstić information content (AvgIpc) is 2.30. The Labute approximate surface area is 94.9 Å². The van der Waals surface area contributed by atoms with E-state index in [1.807, 2.05) is 48.5 Å². The summed E-state index contributed by atoms with van der Waals surface area (Å²) in [6.07, 6.45) is 0. The van der Waals surface area contributed by atoms with E-state index in [0.29, 0.717) is 5.69 Å². The summed E-state index contributed by atoms with van der Waals surface area (Å²) in [6.45, 7) is 1.49. The molecule has 2 rings (SSSR count). The number of hydrogen-bond donors (Lipinski definition) is 1. The third-order valence-electron chi connectivity index (χ3n) is 2.19. The summed E-state index contributed by atoms with van der Waals surface area (Å²) in [5, 5.41) is 2.72. The van der Waals surface area contributed by atoms with Crippen LogP contribution in [0.3, 0.4) is 0 Å². The van der Waals surface area contributed by atoms with Crippen LogP contribution in [-0.2, 0) is 4.79 Å². The maximum absolute atomic E-state index is 10.9. The van der Waals surface area contributed by atoms with Gasteiger partial charge < -0.3 is 5.32 Å². The SMILES string of the molecule is CC(=O)Nc1[c]c(-c2ccccc2)ccc1. The zero-order valence-corrected chi connectivity index (χ0v) is 9.03. The van der Waals surface area contributed by atoms with E-state index in [0.717, 1.165) is 11.1 Å². The minimum Gasteiger partial charge on any atom is -0.326 e. The lowest BCUT2D eigenvalue weighted by Gasteiger charge is -2.04. The number of carbonyl (C=O) groups excluding carboxylic acids is 1. The molecule has 0 fully saturated rings. The molecule has 16 heavy (non-hydrogen) atoms. The Hall–Kier alpha value is -2.09. The van der Waals surface area contributed by atoms with E-state index in [1.165, 1.54) is 6.92 Å². The minimum absolute atomic E-state index is 0.0820. The van der Waals surface area contributed by atoms with Gasteiger partial charge in [-0.1, -0.05) is 42.5 Å². The summed E-state index contributed by atoms with van der Waals surface area (Å²) in [5.41, 5.74) is 2.77. The molecule has 2 aromatic carbocycles. The third-order valence-corrected chi connectivity index (χ3v) is 2.19. The highest BCUT2D eigenvalue weighted by atomic mass is 16.1. The van der Waals surface area contributed by atoms with Crippen molar-refractivity contribution >= 4 is 11.6 Å². The number of benzene rings is 2. The van der Waals surface area contributed by atoms with E-state index in [9.17, 15) is 4.79 Å². The number of amides is 1. The smallest absolute Gasteiger partial charge is 0.221 e. The molecule has 0 atom stereocenters. The van der Waals surface area contributed by atoms with Crippen LogP contribution in [-0.4, -0.2) is 5.91 Å². The van der Waals surface area contributed by atoms with Gasteiger partial charge in [-0.15, -0.1) is 0 Å². The Balaban J connectivity index is 2.33. The molecule has 0 bridgehead atoms. The van der Waals surface area contributed by atoms with Gasteiger partial charge in [-0.2, -0.15) is 0 Å². The van der Waals surface area contributed by atoms with Crippen LogP contribution in [0.15, 0.2) is 48.5 Å². The molecule has 2 heteroatoms. The lowest BCUT2D eigenvalue weighted by atomic mass is 10.1. The van der Waals surface area contributed by atoms with E-state index < -0.39 is 0 Å². The van der Waals surface area contributed by atoms with E-state index in [2.05, 4.69) is 11.4 Å². The van der Waals surface area contributed by atoms with E-state index in [1.54, 1.807) is 0 Å². The van der Waals surface area contributed by atoms with Gasteiger partial charge >= 0.3 is 0 Å². The number of anilines is 1. The average molecular weight is 210 g/mol. The zero-order chi connectivity index (χ0) is 11.4.